The van der Waals surface area contributed by atoms with Crippen molar-refractivity contribution in [3.63, 3.8) is 0 Å². The summed E-state index contributed by atoms with van der Waals surface area (Å²) in [6, 6.07) is 2.95. The van der Waals surface area contributed by atoms with Crippen molar-refractivity contribution in [3.05, 3.63) is 29.6 Å². The van der Waals surface area contributed by atoms with E-state index in [0.717, 1.165) is 4.90 Å². The van der Waals surface area contributed by atoms with Gasteiger partial charge in [-0.3, -0.25) is 0 Å². The molecule has 2 N–H and O–H groups in total. The van der Waals surface area contributed by atoms with Gasteiger partial charge in [-0.1, -0.05) is 5.16 Å². The maximum Gasteiger partial charge on any atom is 0.500 e. The normalized spacial score (nSPS) is 26.9. The van der Waals surface area contributed by atoms with Crippen molar-refractivity contribution in [2.75, 3.05) is 20.2 Å². The van der Waals surface area contributed by atoms with Crippen molar-refractivity contribution in [2.45, 2.75) is 52.0 Å². The number of rotatable bonds is 5. The Bertz CT molecular complexity index is 948. The second kappa shape index (κ2) is 9.74. The summed E-state index contributed by atoms with van der Waals surface area (Å²) >= 11 is 0. The van der Waals surface area contributed by atoms with Gasteiger partial charge in [-0.2, -0.15) is 14.3 Å². The van der Waals surface area contributed by atoms with E-state index in [2.05, 4.69) is 5.16 Å². The topological polar surface area (TPSA) is 106 Å². The number of carbonyl (C=O) groups excluding carboxylic acids is 2. The van der Waals surface area contributed by atoms with Gasteiger partial charge in [-0.25, -0.2) is 9.18 Å². The third-order valence-electron chi connectivity index (χ3n) is 5.47. The van der Waals surface area contributed by atoms with Crippen LogP contribution in [0.2, 0.25) is 0 Å². The van der Waals surface area contributed by atoms with E-state index in [-0.39, 0.29) is 19.2 Å². The minimum absolute atomic E-state index is 0.0228. The molecule has 2 heterocycles. The van der Waals surface area contributed by atoms with Gasteiger partial charge in [0.25, 0.3) is 0 Å². The Morgan fingerprint density at radius 3 is 2.75 bits per heavy atom. The molecule has 1 saturated heterocycles. The summed E-state index contributed by atoms with van der Waals surface area (Å²) in [5, 5.41) is 4.05. The molecule has 0 aromatic heterocycles. The predicted molar refractivity (Wildman–Crippen MR) is 115 cm³/mol. The summed E-state index contributed by atoms with van der Waals surface area (Å²) in [6.45, 7) is 7.08. The Kier molecular flexibility index (Phi) is 7.25. The van der Waals surface area contributed by atoms with E-state index in [1.54, 1.807) is 13.8 Å². The zero-order valence-corrected chi connectivity index (χ0v) is 18.9. The number of urea groups is 1. The van der Waals surface area contributed by atoms with Crippen LogP contribution in [0.3, 0.4) is 0 Å². The average Bonchev–Trinajstić information content (AvgIpc) is 2.77. The molecule has 10 heteroatoms. The van der Waals surface area contributed by atoms with Crippen LogP contribution in [0.1, 0.15) is 39.4 Å². The molecule has 4 atom stereocenters. The lowest BCUT2D eigenvalue weighted by Crippen LogP contribution is -2.56. The number of amides is 3. The molecule has 3 amide bonds. The Balaban J connectivity index is 2.07. The van der Waals surface area contributed by atoms with Crippen molar-refractivity contribution in [1.29, 1.82) is 0 Å². The molecule has 9 nitrogen and oxygen atoms in total. The highest BCUT2D eigenvalue weighted by atomic mass is 19.1. The number of nitrogens with two attached hydrogens (primary N) is 1. The fourth-order valence-electron chi connectivity index (χ4n) is 3.63. The van der Waals surface area contributed by atoms with Crippen LogP contribution < -0.4 is 10.5 Å². The van der Waals surface area contributed by atoms with Crippen LogP contribution in [0, 0.1) is 11.7 Å². The number of methoxy groups -OCH3 is 1. The van der Waals surface area contributed by atoms with Crippen LogP contribution in [0.5, 0.6) is 5.75 Å². The first-order chi connectivity index (χ1) is 15.1. The van der Waals surface area contributed by atoms with E-state index >= 15 is 0 Å². The van der Waals surface area contributed by atoms with Gasteiger partial charge in [-0.15, -0.1) is 0 Å². The van der Waals surface area contributed by atoms with Crippen molar-refractivity contribution in [3.8, 4) is 5.75 Å². The minimum Gasteiger partial charge on any atom is -0.496 e. The van der Waals surface area contributed by atoms with Gasteiger partial charge in [-0.05, 0) is 45.9 Å². The molecule has 3 rings (SSSR count). The average molecular weight is 450 g/mol. The van der Waals surface area contributed by atoms with Gasteiger partial charge in [0.15, 0.2) is 5.92 Å². The number of hydrogen-bond donors (Lipinski definition) is 1. The first kappa shape index (κ1) is 23.8. The number of oxime groups is 1. The molecule has 0 saturated carbocycles. The van der Waals surface area contributed by atoms with Gasteiger partial charge in [0.05, 0.1) is 31.2 Å². The monoisotopic (exact) mass is 449 g/mol. The fraction of sp³-hybridized carbons (Fsp3) is 0.545. The highest BCUT2D eigenvalue weighted by Crippen LogP contribution is 2.31. The first-order valence-electron chi connectivity index (χ1n) is 10.5. The first-order valence-corrected chi connectivity index (χ1v) is 10.5. The maximum atomic E-state index is 14.1. The third-order valence-corrected chi connectivity index (χ3v) is 5.47. The van der Waals surface area contributed by atoms with Gasteiger partial charge >= 0.3 is 11.9 Å². The van der Waals surface area contributed by atoms with E-state index in [9.17, 15) is 14.0 Å². The number of benzene rings is 1. The highest BCUT2D eigenvalue weighted by Gasteiger charge is 2.47. The molecule has 1 fully saturated rings. The Labute approximate surface area is 186 Å². The Hall–Kier alpha value is -2.85. The van der Waals surface area contributed by atoms with Crippen LogP contribution in [0.25, 0.3) is 0 Å². The highest BCUT2D eigenvalue weighted by molar-refractivity contribution is 6.18. The summed E-state index contributed by atoms with van der Waals surface area (Å²) < 4.78 is 27.0. The van der Waals surface area contributed by atoms with E-state index in [0.29, 0.717) is 17.0 Å². The van der Waals surface area contributed by atoms with Crippen LogP contribution in [0.15, 0.2) is 23.4 Å². The largest absolute Gasteiger partial charge is 0.500 e. The zero-order chi connectivity index (χ0) is 23.6. The van der Waals surface area contributed by atoms with Gasteiger partial charge < -0.3 is 20.0 Å². The SMILES string of the molecule is COc1ccc(F)cc1C1C[N+]2=CC(/C(C)=N/OC(C)C)C(=O)N(C[C@@H](N)C(C)O1)C2=O. The van der Waals surface area contributed by atoms with Gasteiger partial charge in [0, 0.05) is 5.56 Å². The minimum atomic E-state index is -0.804. The smallest absolute Gasteiger partial charge is 0.496 e. The summed E-state index contributed by atoms with van der Waals surface area (Å²) in [7, 11) is 1.48. The predicted octanol–water partition coefficient (Wildman–Crippen LogP) is 2.08. The molecule has 0 aliphatic carbocycles. The van der Waals surface area contributed by atoms with Crippen molar-refractivity contribution in [1.82, 2.24) is 4.90 Å². The number of fused-ring (bicyclic) bond motifs is 2. The van der Waals surface area contributed by atoms with Crippen molar-refractivity contribution < 1.29 is 32.9 Å². The van der Waals surface area contributed by atoms with Crippen LogP contribution in [-0.4, -0.2) is 71.8 Å². The van der Waals surface area contributed by atoms with E-state index in [1.807, 2.05) is 13.8 Å². The van der Waals surface area contributed by atoms with Crippen LogP contribution in [0.4, 0.5) is 9.18 Å². The molecule has 0 spiro atoms. The molecule has 2 bridgehead atoms. The van der Waals surface area contributed by atoms with E-state index < -0.39 is 41.9 Å². The number of imide groups is 1. The number of nitrogens with zero attached hydrogens (tertiary/aromatic N) is 3. The third kappa shape index (κ3) is 4.97. The van der Waals surface area contributed by atoms with Crippen LogP contribution in [-0.2, 0) is 14.4 Å². The van der Waals surface area contributed by atoms with Gasteiger partial charge in [0.2, 0.25) is 0 Å². The van der Waals surface area contributed by atoms with Crippen LogP contribution >= 0.6 is 0 Å². The van der Waals surface area contributed by atoms with E-state index in [4.69, 9.17) is 20.0 Å². The molecular weight excluding hydrogens is 419 g/mol. The van der Waals surface area contributed by atoms with E-state index in [1.165, 1.54) is 36.1 Å². The lowest BCUT2D eigenvalue weighted by molar-refractivity contribution is -0.449. The lowest BCUT2D eigenvalue weighted by Gasteiger charge is -2.25. The summed E-state index contributed by atoms with van der Waals surface area (Å²) in [5.74, 6) is -1.27. The van der Waals surface area contributed by atoms with Crippen molar-refractivity contribution >= 4 is 23.9 Å². The fourth-order valence-corrected chi connectivity index (χ4v) is 3.63. The maximum absolute atomic E-state index is 14.1. The Morgan fingerprint density at radius 2 is 2.09 bits per heavy atom. The summed E-state index contributed by atoms with van der Waals surface area (Å²) in [4.78, 5) is 32.7. The van der Waals surface area contributed by atoms with Crippen molar-refractivity contribution in [2.24, 2.45) is 16.8 Å². The zero-order valence-electron chi connectivity index (χ0n) is 18.9. The molecule has 1 aromatic rings. The number of ether oxygens (including phenoxy) is 2. The molecule has 0 radical (unpaired) electrons. The lowest BCUT2D eigenvalue weighted by atomic mass is 10.0. The van der Waals surface area contributed by atoms with Gasteiger partial charge in [0.1, 0.15) is 36.9 Å². The summed E-state index contributed by atoms with van der Waals surface area (Å²) in [5.41, 5.74) is 7.14. The number of halogens is 1. The number of carbonyl (C=O) groups is 2. The second-order valence-electron chi connectivity index (χ2n) is 8.28. The molecule has 2 aliphatic heterocycles. The molecule has 32 heavy (non-hydrogen) atoms. The molecule has 3 unspecified atom stereocenters. The second-order valence-corrected chi connectivity index (χ2v) is 8.28. The standard InChI is InChI=1S/C22H30FN4O5/c1-12(2)32-25-13(3)17-9-26-11-20(16-8-15(23)6-7-19(16)30-5)31-14(4)18(24)10-27(21(17)28)22(26)29/h6-9,12,14,17-18,20H,10-11,24H2,1-5H3/q+1/b25-13+/t14?,17?,18-,20?/m1/s1. The number of hydrogen-bond acceptors (Lipinski definition) is 7. The molecular formula is C22H30FN4O5+. The molecule has 1 aromatic carbocycles. The summed E-state index contributed by atoms with van der Waals surface area (Å²) in [6.07, 6.45) is 0.0892. The molecule has 2 aliphatic rings. The quantitative estimate of drug-likeness (QED) is 0.419. The Morgan fingerprint density at radius 1 is 1.38 bits per heavy atom. The molecule has 174 valence electrons.